The topological polar surface area (TPSA) is 73.9 Å². The van der Waals surface area contributed by atoms with E-state index in [1.165, 1.54) is 0 Å². The molecule has 1 aliphatic heterocycles. The zero-order valence-electron chi connectivity index (χ0n) is 16.9. The molecule has 0 radical (unpaired) electrons. The first kappa shape index (κ1) is 20.6. The van der Waals surface area contributed by atoms with Gasteiger partial charge in [0.15, 0.2) is 0 Å². The van der Waals surface area contributed by atoms with Crippen molar-refractivity contribution in [2.75, 3.05) is 46.9 Å². The van der Waals surface area contributed by atoms with E-state index in [1.54, 1.807) is 7.11 Å². The van der Waals surface area contributed by atoms with Crippen molar-refractivity contribution in [2.24, 2.45) is 0 Å². The van der Waals surface area contributed by atoms with Gasteiger partial charge in [-0.1, -0.05) is 25.0 Å². The average Bonchev–Trinajstić information content (AvgIpc) is 3.22. The van der Waals surface area contributed by atoms with Gasteiger partial charge in [-0.2, -0.15) is 0 Å². The van der Waals surface area contributed by atoms with Gasteiger partial charge in [0.2, 0.25) is 0 Å². The number of piperazine rings is 1. The van der Waals surface area contributed by atoms with Crippen molar-refractivity contribution >= 4 is 11.8 Å². The average molecular weight is 389 g/mol. The number of likely N-dealkylation sites (N-methyl/N-ethyl adjacent to an activating group) is 1. The van der Waals surface area contributed by atoms with Gasteiger partial charge in [0.1, 0.15) is 5.75 Å². The molecule has 0 unspecified atom stereocenters. The third-order valence-electron chi connectivity index (χ3n) is 5.83. The van der Waals surface area contributed by atoms with E-state index >= 15 is 0 Å². The van der Waals surface area contributed by atoms with Crippen LogP contribution in [0.15, 0.2) is 24.3 Å². The van der Waals surface area contributed by atoms with Crippen LogP contribution < -0.4 is 15.4 Å². The monoisotopic (exact) mass is 388 g/mol. The number of amides is 2. The van der Waals surface area contributed by atoms with Crippen LogP contribution in [0.25, 0.3) is 0 Å². The highest BCUT2D eigenvalue weighted by molar-refractivity contribution is 6.35. The largest absolute Gasteiger partial charge is 0.497 e. The maximum atomic E-state index is 12.3. The van der Waals surface area contributed by atoms with E-state index in [-0.39, 0.29) is 12.1 Å². The zero-order chi connectivity index (χ0) is 19.9. The van der Waals surface area contributed by atoms with E-state index in [4.69, 9.17) is 4.74 Å². The van der Waals surface area contributed by atoms with Crippen LogP contribution in [-0.2, 0) is 9.59 Å². The fourth-order valence-corrected chi connectivity index (χ4v) is 4.01. The second-order valence-electron chi connectivity index (χ2n) is 7.79. The third kappa shape index (κ3) is 5.45. The molecule has 154 valence electrons. The molecular weight excluding hydrogens is 356 g/mol. The molecule has 2 fully saturated rings. The van der Waals surface area contributed by atoms with Crippen molar-refractivity contribution in [3.05, 3.63) is 29.8 Å². The lowest BCUT2D eigenvalue weighted by Gasteiger charge is -2.38. The third-order valence-corrected chi connectivity index (χ3v) is 5.83. The van der Waals surface area contributed by atoms with Gasteiger partial charge < -0.3 is 20.3 Å². The first-order valence-electron chi connectivity index (χ1n) is 10.2. The summed E-state index contributed by atoms with van der Waals surface area (Å²) in [7, 11) is 3.77. The van der Waals surface area contributed by atoms with Crippen LogP contribution in [0.4, 0.5) is 0 Å². The number of nitrogens with zero attached hydrogens (tertiary/aromatic N) is 2. The number of benzene rings is 1. The maximum absolute atomic E-state index is 12.3. The smallest absolute Gasteiger partial charge is 0.309 e. The van der Waals surface area contributed by atoms with Crippen LogP contribution in [-0.4, -0.2) is 74.5 Å². The van der Waals surface area contributed by atoms with Crippen molar-refractivity contribution in [3.8, 4) is 5.75 Å². The molecule has 2 amide bonds. The predicted molar refractivity (Wildman–Crippen MR) is 108 cm³/mol. The molecule has 2 aliphatic rings. The summed E-state index contributed by atoms with van der Waals surface area (Å²) in [6.45, 7) is 4.24. The summed E-state index contributed by atoms with van der Waals surface area (Å²) >= 11 is 0. The Kier molecular flexibility index (Phi) is 7.28. The summed E-state index contributed by atoms with van der Waals surface area (Å²) in [6, 6.07) is 8.12. The Morgan fingerprint density at radius 3 is 2.32 bits per heavy atom. The molecule has 1 aromatic rings. The van der Waals surface area contributed by atoms with E-state index in [1.807, 2.05) is 24.3 Å². The molecule has 1 aliphatic carbocycles. The minimum Gasteiger partial charge on any atom is -0.497 e. The molecule has 1 saturated heterocycles. The number of methoxy groups -OCH3 is 1. The van der Waals surface area contributed by atoms with Gasteiger partial charge >= 0.3 is 11.8 Å². The van der Waals surface area contributed by atoms with Gasteiger partial charge in [0.05, 0.1) is 13.2 Å². The van der Waals surface area contributed by atoms with Crippen molar-refractivity contribution < 1.29 is 14.3 Å². The van der Waals surface area contributed by atoms with Crippen LogP contribution in [0.5, 0.6) is 5.75 Å². The van der Waals surface area contributed by atoms with Gasteiger partial charge in [0, 0.05) is 38.8 Å². The molecule has 1 heterocycles. The number of rotatable bonds is 6. The highest BCUT2D eigenvalue weighted by Crippen LogP contribution is 2.24. The van der Waals surface area contributed by atoms with Crippen LogP contribution in [0.1, 0.15) is 37.3 Å². The summed E-state index contributed by atoms with van der Waals surface area (Å²) in [6.07, 6.45) is 4.18. The predicted octanol–water partition coefficient (Wildman–Crippen LogP) is 1.16. The minimum atomic E-state index is -0.542. The Hall–Kier alpha value is -2.12. The van der Waals surface area contributed by atoms with Crippen molar-refractivity contribution in [2.45, 2.75) is 37.8 Å². The van der Waals surface area contributed by atoms with E-state index in [2.05, 4.69) is 27.5 Å². The molecule has 1 atom stereocenters. The fraction of sp³-hybridized carbons (Fsp3) is 0.619. The summed E-state index contributed by atoms with van der Waals surface area (Å²) in [4.78, 5) is 29.2. The van der Waals surface area contributed by atoms with Gasteiger partial charge in [-0.25, -0.2) is 0 Å². The van der Waals surface area contributed by atoms with Crippen molar-refractivity contribution in [1.29, 1.82) is 0 Å². The molecule has 0 bridgehead atoms. The molecule has 7 heteroatoms. The molecule has 3 rings (SSSR count). The number of hydrogen-bond acceptors (Lipinski definition) is 5. The number of carbonyl (C=O) groups is 2. The normalized spacial score (nSPS) is 19.9. The first-order chi connectivity index (χ1) is 13.6. The molecule has 0 spiro atoms. The second kappa shape index (κ2) is 9.89. The van der Waals surface area contributed by atoms with E-state index in [0.29, 0.717) is 6.54 Å². The quantitative estimate of drug-likeness (QED) is 0.716. The van der Waals surface area contributed by atoms with Gasteiger partial charge in [-0.05, 0) is 37.6 Å². The molecule has 1 saturated carbocycles. The van der Waals surface area contributed by atoms with E-state index in [0.717, 1.165) is 63.2 Å². The Balaban J connectivity index is 1.62. The van der Waals surface area contributed by atoms with E-state index < -0.39 is 11.8 Å². The van der Waals surface area contributed by atoms with Gasteiger partial charge in [0.25, 0.3) is 0 Å². The first-order valence-corrected chi connectivity index (χ1v) is 10.2. The number of hydrogen-bond donors (Lipinski definition) is 2. The summed E-state index contributed by atoms with van der Waals surface area (Å²) < 4.78 is 5.26. The highest BCUT2D eigenvalue weighted by atomic mass is 16.5. The standard InChI is InChI=1S/C21H32N4O3/c1-24-11-13-25(14-12-24)19(16-7-9-18(28-2)10-8-16)15-22-20(26)21(27)23-17-5-3-4-6-17/h7-10,17,19H,3-6,11-15H2,1-2H3,(H,22,26)(H,23,27)/t19-/m1/s1. The molecule has 1 aromatic carbocycles. The number of nitrogens with one attached hydrogen (secondary N) is 2. The Labute approximate surface area is 167 Å². The second-order valence-corrected chi connectivity index (χ2v) is 7.79. The lowest BCUT2D eigenvalue weighted by molar-refractivity contribution is -0.139. The fourth-order valence-electron chi connectivity index (χ4n) is 4.01. The molecule has 0 aromatic heterocycles. The number of ether oxygens (including phenoxy) is 1. The minimum absolute atomic E-state index is 0.0304. The van der Waals surface area contributed by atoms with Gasteiger partial charge in [-0.15, -0.1) is 0 Å². The van der Waals surface area contributed by atoms with Gasteiger partial charge in [-0.3, -0.25) is 14.5 Å². The molecular formula is C21H32N4O3. The van der Waals surface area contributed by atoms with Crippen LogP contribution in [0.2, 0.25) is 0 Å². The Morgan fingerprint density at radius 2 is 1.71 bits per heavy atom. The highest BCUT2D eigenvalue weighted by Gasteiger charge is 2.26. The van der Waals surface area contributed by atoms with Crippen LogP contribution in [0, 0.1) is 0 Å². The van der Waals surface area contributed by atoms with Crippen LogP contribution in [0.3, 0.4) is 0 Å². The SMILES string of the molecule is COc1ccc([C@@H](CNC(=O)C(=O)NC2CCCC2)N2CCN(C)CC2)cc1. The molecule has 2 N–H and O–H groups in total. The summed E-state index contributed by atoms with van der Waals surface area (Å²) in [5.41, 5.74) is 1.11. The number of carbonyl (C=O) groups excluding carboxylic acids is 2. The Bertz CT molecular complexity index is 650. The molecule has 7 nitrogen and oxygen atoms in total. The van der Waals surface area contributed by atoms with E-state index in [9.17, 15) is 9.59 Å². The van der Waals surface area contributed by atoms with Crippen molar-refractivity contribution in [3.63, 3.8) is 0 Å². The Morgan fingerprint density at radius 1 is 1.07 bits per heavy atom. The maximum Gasteiger partial charge on any atom is 0.309 e. The summed E-state index contributed by atoms with van der Waals surface area (Å²) in [5, 5.41) is 5.71. The molecule has 28 heavy (non-hydrogen) atoms. The lowest BCUT2D eigenvalue weighted by Crippen LogP contribution is -2.50. The van der Waals surface area contributed by atoms with Crippen molar-refractivity contribution in [1.82, 2.24) is 20.4 Å². The lowest BCUT2D eigenvalue weighted by atomic mass is 10.0. The zero-order valence-corrected chi connectivity index (χ0v) is 16.9. The van der Waals surface area contributed by atoms with Crippen LogP contribution >= 0.6 is 0 Å². The summed E-state index contributed by atoms with van der Waals surface area (Å²) in [5.74, 6) is -0.251.